The highest BCUT2D eigenvalue weighted by Crippen LogP contribution is 2.45. The van der Waals surface area contributed by atoms with E-state index in [0.717, 1.165) is 0 Å². The van der Waals surface area contributed by atoms with E-state index in [1.165, 1.54) is 103 Å². The lowest BCUT2D eigenvalue weighted by Gasteiger charge is -2.23. The average Bonchev–Trinajstić information content (AvgIpc) is 3.12. The number of benzene rings is 10. The molecule has 226 valence electrons. The zero-order chi connectivity index (χ0) is 32.1. The Labute approximate surface area is 280 Å². The third kappa shape index (κ3) is 4.02. The van der Waals surface area contributed by atoms with Crippen molar-refractivity contribution in [1.82, 2.24) is 0 Å². The van der Waals surface area contributed by atoms with Crippen molar-refractivity contribution < 1.29 is 0 Å². The SMILES string of the molecule is CC(C)(C)c1cc2ccc3c(-c4ccc5cc(-c6ccc7c(ccc8ccccc87)c6)ccc5c4)ccc4c5ccccc5c(c1)c2c34. The van der Waals surface area contributed by atoms with Crippen molar-refractivity contribution in [1.29, 1.82) is 0 Å². The van der Waals surface area contributed by atoms with Gasteiger partial charge in [-0.2, -0.15) is 0 Å². The predicted molar refractivity (Wildman–Crippen MR) is 210 cm³/mol. The van der Waals surface area contributed by atoms with Gasteiger partial charge in [-0.1, -0.05) is 148 Å². The van der Waals surface area contributed by atoms with E-state index >= 15 is 0 Å². The zero-order valence-electron chi connectivity index (χ0n) is 27.4. The Balaban J connectivity index is 1.12. The maximum Gasteiger partial charge on any atom is -0.00141 e. The van der Waals surface area contributed by atoms with Crippen LogP contribution in [0.3, 0.4) is 0 Å². The lowest BCUT2D eigenvalue weighted by atomic mass is 9.81. The van der Waals surface area contributed by atoms with Gasteiger partial charge < -0.3 is 0 Å². The second kappa shape index (κ2) is 9.89. The second-order valence-corrected chi connectivity index (χ2v) is 14.6. The molecule has 0 aliphatic carbocycles. The van der Waals surface area contributed by atoms with Gasteiger partial charge in [0.25, 0.3) is 0 Å². The molecule has 10 aromatic rings. The first-order chi connectivity index (χ1) is 23.4. The van der Waals surface area contributed by atoms with Crippen molar-refractivity contribution in [3.8, 4) is 22.3 Å². The van der Waals surface area contributed by atoms with Gasteiger partial charge in [0.05, 0.1) is 0 Å². The Bertz CT molecular complexity index is 2920. The van der Waals surface area contributed by atoms with Crippen LogP contribution < -0.4 is 0 Å². The van der Waals surface area contributed by atoms with Crippen LogP contribution in [0.25, 0.3) is 97.7 Å². The van der Waals surface area contributed by atoms with Crippen LogP contribution in [-0.4, -0.2) is 0 Å². The van der Waals surface area contributed by atoms with Crippen LogP contribution in [0.4, 0.5) is 0 Å². The van der Waals surface area contributed by atoms with E-state index in [2.05, 4.69) is 172 Å². The summed E-state index contributed by atoms with van der Waals surface area (Å²) >= 11 is 0. The Hall–Kier alpha value is -5.72. The van der Waals surface area contributed by atoms with Crippen LogP contribution >= 0.6 is 0 Å². The smallest absolute Gasteiger partial charge is 0.00141 e. The summed E-state index contributed by atoms with van der Waals surface area (Å²) in [5.74, 6) is 0. The lowest BCUT2D eigenvalue weighted by molar-refractivity contribution is 0.592. The molecule has 0 spiro atoms. The summed E-state index contributed by atoms with van der Waals surface area (Å²) in [7, 11) is 0. The summed E-state index contributed by atoms with van der Waals surface area (Å²) in [6, 6.07) is 57.1. The first-order valence-electron chi connectivity index (χ1n) is 17.0. The summed E-state index contributed by atoms with van der Waals surface area (Å²) in [5.41, 5.74) is 6.49. The fourth-order valence-corrected chi connectivity index (χ4v) is 8.17. The van der Waals surface area contributed by atoms with Crippen molar-refractivity contribution >= 4 is 75.4 Å². The standard InChI is InChI=1S/C48H34/c1-48(2,3)37-27-36-19-21-43-40(22-23-44-41-10-6-7-11-42(41)45(28-37)46(36)47(43)44)35-17-15-31-24-30(13-14-32(31)25-35)33-18-20-39-34(26-33)16-12-29-8-4-5-9-38(29)39/h4-28H,1-3H3. The molecule has 48 heavy (non-hydrogen) atoms. The van der Waals surface area contributed by atoms with Crippen LogP contribution in [0, 0.1) is 0 Å². The molecular weight excluding hydrogens is 577 g/mol. The van der Waals surface area contributed by atoms with Crippen LogP contribution in [-0.2, 0) is 5.41 Å². The van der Waals surface area contributed by atoms with Crippen molar-refractivity contribution in [2.75, 3.05) is 0 Å². The van der Waals surface area contributed by atoms with E-state index in [-0.39, 0.29) is 5.41 Å². The third-order valence-corrected chi connectivity index (χ3v) is 10.7. The normalized spacial score (nSPS) is 12.5. The molecule has 0 N–H and O–H groups in total. The summed E-state index contributed by atoms with van der Waals surface area (Å²) in [5, 5.41) is 18.4. The zero-order valence-corrected chi connectivity index (χ0v) is 27.4. The molecule has 0 radical (unpaired) electrons. The van der Waals surface area contributed by atoms with E-state index in [0.29, 0.717) is 0 Å². The predicted octanol–water partition coefficient (Wildman–Crippen LogP) is 13.8. The molecule has 0 amide bonds. The highest BCUT2D eigenvalue weighted by Gasteiger charge is 2.20. The van der Waals surface area contributed by atoms with E-state index in [1.807, 2.05) is 0 Å². The van der Waals surface area contributed by atoms with Gasteiger partial charge in [0, 0.05) is 0 Å². The highest BCUT2D eigenvalue weighted by atomic mass is 14.2. The van der Waals surface area contributed by atoms with Crippen LogP contribution in [0.5, 0.6) is 0 Å². The Morgan fingerprint density at radius 3 is 1.65 bits per heavy atom. The molecular formula is C48H34. The number of hydrogen-bond donors (Lipinski definition) is 0. The van der Waals surface area contributed by atoms with E-state index in [4.69, 9.17) is 0 Å². The van der Waals surface area contributed by atoms with Crippen molar-refractivity contribution in [2.45, 2.75) is 26.2 Å². The van der Waals surface area contributed by atoms with Crippen molar-refractivity contribution in [3.63, 3.8) is 0 Å². The summed E-state index contributed by atoms with van der Waals surface area (Å²) < 4.78 is 0. The third-order valence-electron chi connectivity index (χ3n) is 10.7. The molecule has 0 saturated heterocycles. The van der Waals surface area contributed by atoms with E-state index in [9.17, 15) is 0 Å². The molecule has 0 saturated carbocycles. The number of hydrogen-bond acceptors (Lipinski definition) is 0. The molecule has 0 aromatic heterocycles. The lowest BCUT2D eigenvalue weighted by Crippen LogP contribution is -2.11. The van der Waals surface area contributed by atoms with Gasteiger partial charge in [-0.05, 0) is 133 Å². The molecule has 0 aliphatic heterocycles. The first-order valence-corrected chi connectivity index (χ1v) is 17.0. The Morgan fingerprint density at radius 1 is 0.312 bits per heavy atom. The minimum absolute atomic E-state index is 0.0743. The quantitative estimate of drug-likeness (QED) is 0.135. The largest absolute Gasteiger partial charge is 0.0616 e. The minimum Gasteiger partial charge on any atom is -0.0616 e. The number of rotatable bonds is 2. The van der Waals surface area contributed by atoms with Crippen LogP contribution in [0.15, 0.2) is 152 Å². The maximum atomic E-state index is 2.45. The summed E-state index contributed by atoms with van der Waals surface area (Å²) in [4.78, 5) is 0. The van der Waals surface area contributed by atoms with Gasteiger partial charge >= 0.3 is 0 Å². The van der Waals surface area contributed by atoms with Gasteiger partial charge in [-0.3, -0.25) is 0 Å². The monoisotopic (exact) mass is 610 g/mol. The first kappa shape index (κ1) is 27.4. The minimum atomic E-state index is 0.0743. The fourth-order valence-electron chi connectivity index (χ4n) is 8.17. The van der Waals surface area contributed by atoms with Gasteiger partial charge in [0.2, 0.25) is 0 Å². The maximum absolute atomic E-state index is 2.45. The molecule has 0 unspecified atom stereocenters. The van der Waals surface area contributed by atoms with Gasteiger partial charge in [-0.25, -0.2) is 0 Å². The molecule has 0 fully saturated rings. The summed E-state index contributed by atoms with van der Waals surface area (Å²) in [6.45, 7) is 6.94. The molecule has 0 heteroatoms. The Kier molecular flexibility index (Phi) is 5.65. The molecule has 10 aromatic carbocycles. The van der Waals surface area contributed by atoms with Crippen LogP contribution in [0.1, 0.15) is 26.3 Å². The van der Waals surface area contributed by atoms with Crippen molar-refractivity contribution in [3.05, 3.63) is 157 Å². The molecule has 10 rings (SSSR count). The molecule has 0 nitrogen and oxygen atoms in total. The number of fused-ring (bicyclic) bond motifs is 7. The Morgan fingerprint density at radius 2 is 0.854 bits per heavy atom. The topological polar surface area (TPSA) is 0 Å². The molecule has 0 heterocycles. The fraction of sp³-hybridized carbons (Fsp3) is 0.0833. The highest BCUT2D eigenvalue weighted by molar-refractivity contribution is 6.35. The molecule has 0 aliphatic rings. The molecule has 0 atom stereocenters. The average molecular weight is 611 g/mol. The van der Waals surface area contributed by atoms with Crippen LogP contribution in [0.2, 0.25) is 0 Å². The van der Waals surface area contributed by atoms with Gasteiger partial charge in [0.1, 0.15) is 0 Å². The second-order valence-electron chi connectivity index (χ2n) is 14.6. The van der Waals surface area contributed by atoms with E-state index in [1.54, 1.807) is 0 Å². The molecule has 0 bridgehead atoms. The van der Waals surface area contributed by atoms with E-state index < -0.39 is 0 Å². The van der Waals surface area contributed by atoms with Gasteiger partial charge in [-0.15, -0.1) is 0 Å². The van der Waals surface area contributed by atoms with Gasteiger partial charge in [0.15, 0.2) is 0 Å². The van der Waals surface area contributed by atoms with Crippen molar-refractivity contribution in [2.24, 2.45) is 0 Å². The summed E-state index contributed by atoms with van der Waals surface area (Å²) in [6.07, 6.45) is 0.